The maximum absolute atomic E-state index is 17.6. The number of carbonyl (C=O) groups is 1. The molecule has 4 rings (SSSR count). The molecule has 2 aliphatic heterocycles. The Hall–Kier alpha value is -2.20. The van der Waals surface area contributed by atoms with Gasteiger partial charge in [-0.15, -0.1) is 0 Å². The summed E-state index contributed by atoms with van der Waals surface area (Å²) >= 11 is 0. The molecule has 0 N–H and O–H groups in total. The van der Waals surface area contributed by atoms with Gasteiger partial charge in [0.15, 0.2) is 5.78 Å². The summed E-state index contributed by atoms with van der Waals surface area (Å²) in [6.45, 7) is 10.5. The smallest absolute Gasteiger partial charge is 0.296 e. The molecular formula is C36H51FO7. The maximum Gasteiger partial charge on any atom is 0.296 e. The summed E-state index contributed by atoms with van der Waals surface area (Å²) in [5.41, 5.74) is 0.793. The minimum Gasteiger partial charge on any atom is -0.379 e. The van der Waals surface area contributed by atoms with Gasteiger partial charge >= 0.3 is 0 Å². The molecule has 2 aromatic carbocycles. The highest BCUT2D eigenvalue weighted by molar-refractivity contribution is 6.10. The second kappa shape index (κ2) is 16.9. The lowest BCUT2D eigenvalue weighted by Gasteiger charge is -2.45. The van der Waals surface area contributed by atoms with Gasteiger partial charge in [-0.25, -0.2) is 4.39 Å². The zero-order chi connectivity index (χ0) is 31.4. The molecule has 6 atom stereocenters. The molecule has 2 saturated heterocycles. The summed E-state index contributed by atoms with van der Waals surface area (Å²) < 4.78 is 55.8. The van der Waals surface area contributed by atoms with E-state index in [1.54, 1.807) is 48.5 Å². The maximum atomic E-state index is 17.6. The second-order valence-corrected chi connectivity index (χ2v) is 11.7. The van der Waals surface area contributed by atoms with Crippen LogP contribution in [0.3, 0.4) is 0 Å². The molecule has 2 fully saturated rings. The van der Waals surface area contributed by atoms with Gasteiger partial charge in [-0.2, -0.15) is 0 Å². The monoisotopic (exact) mass is 614 g/mol. The summed E-state index contributed by atoms with van der Waals surface area (Å²) in [5, 5.41) is 0. The highest BCUT2D eigenvalue weighted by atomic mass is 19.2. The van der Waals surface area contributed by atoms with Crippen molar-refractivity contribution in [2.24, 2.45) is 0 Å². The molecule has 0 aromatic heterocycles. The van der Waals surface area contributed by atoms with E-state index >= 15 is 4.39 Å². The molecule has 7 nitrogen and oxygen atoms in total. The fourth-order valence-corrected chi connectivity index (χ4v) is 5.68. The Morgan fingerprint density at radius 1 is 0.750 bits per heavy atom. The first-order valence-electron chi connectivity index (χ1n) is 16.7. The number of ketones is 1. The van der Waals surface area contributed by atoms with Crippen LogP contribution in [0.25, 0.3) is 0 Å². The molecule has 2 aliphatic rings. The zero-order valence-corrected chi connectivity index (χ0v) is 26.9. The van der Waals surface area contributed by atoms with Crippen molar-refractivity contribution in [1.29, 1.82) is 0 Å². The molecule has 2 heterocycles. The summed E-state index contributed by atoms with van der Waals surface area (Å²) in [6.07, 6.45) is 4.37. The van der Waals surface area contributed by atoms with Crippen molar-refractivity contribution < 1.29 is 37.6 Å². The van der Waals surface area contributed by atoms with E-state index in [4.69, 9.17) is 28.4 Å². The van der Waals surface area contributed by atoms with Crippen LogP contribution in [-0.4, -0.2) is 69.0 Å². The molecule has 0 aliphatic carbocycles. The Morgan fingerprint density at radius 2 is 1.32 bits per heavy atom. The molecule has 1 unspecified atom stereocenters. The van der Waals surface area contributed by atoms with Crippen LogP contribution in [0.5, 0.6) is 0 Å². The predicted molar refractivity (Wildman–Crippen MR) is 167 cm³/mol. The number of unbranched alkanes of at least 4 members (excludes halogenated alkanes) is 4. The van der Waals surface area contributed by atoms with Crippen molar-refractivity contribution in [1.82, 2.24) is 0 Å². The molecule has 44 heavy (non-hydrogen) atoms. The Bertz CT molecular complexity index is 1150. The fraction of sp³-hybridized carbons (Fsp3) is 0.639. The Morgan fingerprint density at radius 3 is 1.98 bits per heavy atom. The molecule has 8 heteroatoms. The minimum absolute atomic E-state index is 0.112. The third-order valence-electron chi connectivity index (χ3n) is 8.28. The van der Waals surface area contributed by atoms with E-state index in [2.05, 4.69) is 27.7 Å². The molecule has 0 saturated carbocycles. The summed E-state index contributed by atoms with van der Waals surface area (Å²) in [5.74, 6) is -4.58. The van der Waals surface area contributed by atoms with Gasteiger partial charge < -0.3 is 23.7 Å². The van der Waals surface area contributed by atoms with Crippen molar-refractivity contribution in [2.45, 2.75) is 115 Å². The molecule has 244 valence electrons. The number of halogens is 1. The SMILES string of the molecule is CCCCOC[C@H]1O[C@]2(OC2(F)c2ccccc2C(=O)c2ccccc2)[C@H](OCCCC)[C@@H](OCCCC)[C@@H]1OCCCC. The van der Waals surface area contributed by atoms with Crippen molar-refractivity contribution in [3.8, 4) is 0 Å². The minimum atomic E-state index is -2.45. The van der Waals surface area contributed by atoms with E-state index < -0.39 is 36.1 Å². The molecule has 1 spiro atoms. The number of rotatable bonds is 20. The zero-order valence-electron chi connectivity index (χ0n) is 26.9. The first-order valence-corrected chi connectivity index (χ1v) is 16.7. The van der Waals surface area contributed by atoms with Crippen LogP contribution in [0.15, 0.2) is 54.6 Å². The highest BCUT2D eigenvalue weighted by Gasteiger charge is 2.83. The number of carbonyl (C=O) groups excluding carboxylic acids is 1. The average Bonchev–Trinajstić information content (AvgIpc) is 3.65. The van der Waals surface area contributed by atoms with E-state index in [0.717, 1.165) is 51.4 Å². The van der Waals surface area contributed by atoms with E-state index in [1.807, 2.05) is 6.07 Å². The van der Waals surface area contributed by atoms with Crippen LogP contribution in [0, 0.1) is 0 Å². The van der Waals surface area contributed by atoms with E-state index in [1.165, 1.54) is 0 Å². The van der Waals surface area contributed by atoms with Crippen molar-refractivity contribution in [3.63, 3.8) is 0 Å². The number of hydrogen-bond donors (Lipinski definition) is 0. The van der Waals surface area contributed by atoms with Gasteiger partial charge in [-0.05, 0) is 25.7 Å². The van der Waals surface area contributed by atoms with Crippen molar-refractivity contribution in [3.05, 3.63) is 71.3 Å². The van der Waals surface area contributed by atoms with Crippen LogP contribution < -0.4 is 0 Å². The first-order chi connectivity index (χ1) is 21.5. The average molecular weight is 615 g/mol. The van der Waals surface area contributed by atoms with Crippen molar-refractivity contribution in [2.75, 3.05) is 33.0 Å². The molecular weight excluding hydrogens is 563 g/mol. The van der Waals surface area contributed by atoms with Gasteiger partial charge in [0.05, 0.1) is 6.61 Å². The molecule has 0 bridgehead atoms. The van der Waals surface area contributed by atoms with Gasteiger partial charge in [-0.1, -0.05) is 108 Å². The molecule has 2 aromatic rings. The van der Waals surface area contributed by atoms with Gasteiger partial charge in [0.1, 0.15) is 24.4 Å². The molecule has 0 radical (unpaired) electrons. The largest absolute Gasteiger partial charge is 0.379 e. The molecule has 0 amide bonds. The van der Waals surface area contributed by atoms with Crippen LogP contribution >= 0.6 is 0 Å². The summed E-state index contributed by atoms with van der Waals surface area (Å²) in [7, 11) is 0. The third-order valence-corrected chi connectivity index (χ3v) is 8.28. The van der Waals surface area contributed by atoms with Gasteiger partial charge in [0, 0.05) is 43.1 Å². The lowest BCUT2D eigenvalue weighted by molar-refractivity contribution is -0.301. The number of alkyl halides is 1. The van der Waals surface area contributed by atoms with Crippen LogP contribution in [-0.2, 0) is 34.3 Å². The van der Waals surface area contributed by atoms with Gasteiger partial charge in [-0.3, -0.25) is 9.53 Å². The first kappa shape index (κ1) is 34.7. The lowest BCUT2D eigenvalue weighted by atomic mass is 9.87. The summed E-state index contributed by atoms with van der Waals surface area (Å²) in [6, 6.07) is 15.5. The van der Waals surface area contributed by atoms with E-state index in [9.17, 15) is 4.79 Å². The van der Waals surface area contributed by atoms with Crippen LogP contribution in [0.2, 0.25) is 0 Å². The highest BCUT2D eigenvalue weighted by Crippen LogP contribution is 2.64. The van der Waals surface area contributed by atoms with Crippen LogP contribution in [0.4, 0.5) is 4.39 Å². The normalized spacial score (nSPS) is 27.9. The van der Waals surface area contributed by atoms with Gasteiger partial charge in [0.2, 0.25) is 0 Å². The standard InChI is InChI=1S/C36H51FO7/c1-5-9-22-39-26-30-32(40-23-10-6-2)33(41-24-11-7-3)34(42-25-12-8-4)36(43-30)35(37,44-36)29-21-17-16-20-28(29)31(38)27-18-14-13-15-19-27/h13-21,30,32-34H,5-12,22-26H2,1-4H3/t30-,32-,33+,34-,35?,36+/m1/s1. The lowest BCUT2D eigenvalue weighted by Crippen LogP contribution is -2.64. The van der Waals surface area contributed by atoms with E-state index in [-0.39, 0.29) is 23.5 Å². The predicted octanol–water partition coefficient (Wildman–Crippen LogP) is 7.54. The fourth-order valence-electron chi connectivity index (χ4n) is 5.68. The Balaban J connectivity index is 1.75. The topological polar surface area (TPSA) is 75.8 Å². The van der Waals surface area contributed by atoms with Crippen molar-refractivity contribution >= 4 is 5.78 Å². The summed E-state index contributed by atoms with van der Waals surface area (Å²) in [4.78, 5) is 13.7. The second-order valence-electron chi connectivity index (χ2n) is 11.7. The third kappa shape index (κ3) is 7.77. The number of benzene rings is 2. The Kier molecular flexibility index (Phi) is 13.3. The number of hydrogen-bond acceptors (Lipinski definition) is 7. The number of epoxide rings is 1. The quantitative estimate of drug-likeness (QED) is 0.0867. The number of ether oxygens (including phenoxy) is 6. The Labute approximate surface area is 262 Å². The van der Waals surface area contributed by atoms with Crippen LogP contribution in [0.1, 0.15) is 101 Å². The van der Waals surface area contributed by atoms with E-state index in [0.29, 0.717) is 32.0 Å². The van der Waals surface area contributed by atoms with Gasteiger partial charge in [0.25, 0.3) is 11.6 Å².